The highest BCUT2D eigenvalue weighted by Gasteiger charge is 2.12. The topological polar surface area (TPSA) is 42.0 Å². The number of anilines is 1. The molecule has 0 aliphatic heterocycles. The van der Waals surface area contributed by atoms with Crippen molar-refractivity contribution in [1.29, 1.82) is 0 Å². The lowest BCUT2D eigenvalue weighted by molar-refractivity contribution is 0.102. The van der Waals surface area contributed by atoms with Crippen molar-refractivity contribution in [3.63, 3.8) is 0 Å². The molecule has 0 aliphatic carbocycles. The van der Waals surface area contributed by atoms with Crippen LogP contribution in [0.4, 0.5) is 5.69 Å². The van der Waals surface area contributed by atoms with Crippen LogP contribution in [0.25, 0.3) is 0 Å². The van der Waals surface area contributed by atoms with Crippen molar-refractivity contribution >= 4 is 55.1 Å². The molecular formula is C12H7Br2ClN2O. The molecule has 1 N–H and O–H groups in total. The molecule has 0 spiro atoms. The molecule has 18 heavy (non-hydrogen) atoms. The summed E-state index contributed by atoms with van der Waals surface area (Å²) in [6, 6.07) is 8.74. The molecule has 0 atom stereocenters. The van der Waals surface area contributed by atoms with Gasteiger partial charge in [0.2, 0.25) is 0 Å². The standard InChI is InChI=1S/C12H7Br2ClN2O/c13-7-3-4-10(9(15)6-7)17-12(18)11-8(14)2-1-5-16-11/h1-6H,(H,17,18). The van der Waals surface area contributed by atoms with Crippen LogP contribution in [0.15, 0.2) is 45.5 Å². The molecule has 6 heteroatoms. The van der Waals surface area contributed by atoms with Gasteiger partial charge in [0, 0.05) is 15.1 Å². The van der Waals surface area contributed by atoms with Gasteiger partial charge in [-0.25, -0.2) is 4.98 Å². The van der Waals surface area contributed by atoms with Crippen LogP contribution in [-0.4, -0.2) is 10.9 Å². The maximum absolute atomic E-state index is 12.0. The Balaban J connectivity index is 2.24. The Morgan fingerprint density at radius 3 is 2.72 bits per heavy atom. The van der Waals surface area contributed by atoms with Gasteiger partial charge in [-0.3, -0.25) is 4.79 Å². The van der Waals surface area contributed by atoms with Crippen molar-refractivity contribution in [1.82, 2.24) is 4.98 Å². The van der Waals surface area contributed by atoms with Crippen LogP contribution in [0.5, 0.6) is 0 Å². The number of carbonyl (C=O) groups excluding carboxylic acids is 1. The molecule has 0 fully saturated rings. The molecule has 1 aromatic carbocycles. The number of hydrogen-bond donors (Lipinski definition) is 1. The molecule has 0 aliphatic rings. The fourth-order valence-corrected chi connectivity index (χ4v) is 2.48. The van der Waals surface area contributed by atoms with E-state index in [-0.39, 0.29) is 5.91 Å². The molecule has 2 rings (SSSR count). The molecule has 0 saturated carbocycles. The van der Waals surface area contributed by atoms with E-state index in [9.17, 15) is 4.79 Å². The highest BCUT2D eigenvalue weighted by Crippen LogP contribution is 2.26. The van der Waals surface area contributed by atoms with Crippen molar-refractivity contribution in [3.05, 3.63) is 56.2 Å². The van der Waals surface area contributed by atoms with Crippen molar-refractivity contribution < 1.29 is 4.79 Å². The number of amides is 1. The molecule has 1 heterocycles. The van der Waals surface area contributed by atoms with Crippen LogP contribution in [-0.2, 0) is 0 Å². The maximum atomic E-state index is 12.0. The van der Waals surface area contributed by atoms with E-state index in [0.29, 0.717) is 20.9 Å². The third-order valence-electron chi connectivity index (χ3n) is 2.15. The van der Waals surface area contributed by atoms with Crippen LogP contribution >= 0.6 is 43.5 Å². The van der Waals surface area contributed by atoms with Crippen LogP contribution in [0.3, 0.4) is 0 Å². The normalized spacial score (nSPS) is 10.2. The van der Waals surface area contributed by atoms with E-state index in [4.69, 9.17) is 11.6 Å². The predicted octanol–water partition coefficient (Wildman–Crippen LogP) is 4.51. The Bertz CT molecular complexity index is 604. The van der Waals surface area contributed by atoms with E-state index in [0.717, 1.165) is 4.47 Å². The second-order valence-corrected chi connectivity index (χ2v) is 5.59. The summed E-state index contributed by atoms with van der Waals surface area (Å²) in [5.74, 6) is -0.313. The molecule has 1 amide bonds. The first-order chi connectivity index (χ1) is 8.58. The Morgan fingerprint density at radius 1 is 1.28 bits per heavy atom. The number of nitrogens with one attached hydrogen (secondary N) is 1. The summed E-state index contributed by atoms with van der Waals surface area (Å²) in [6.07, 6.45) is 1.56. The van der Waals surface area contributed by atoms with Crippen molar-refractivity contribution in [2.45, 2.75) is 0 Å². The van der Waals surface area contributed by atoms with E-state index in [1.807, 2.05) is 0 Å². The SMILES string of the molecule is O=C(Nc1ccc(Br)cc1Cl)c1ncccc1Br. The van der Waals surface area contributed by atoms with Crippen LogP contribution in [0.2, 0.25) is 5.02 Å². The van der Waals surface area contributed by atoms with Gasteiger partial charge in [-0.15, -0.1) is 0 Å². The third kappa shape index (κ3) is 3.10. The Morgan fingerprint density at radius 2 is 2.06 bits per heavy atom. The second kappa shape index (κ2) is 5.82. The van der Waals surface area contributed by atoms with Gasteiger partial charge >= 0.3 is 0 Å². The molecule has 1 aromatic heterocycles. The molecule has 0 unspecified atom stereocenters. The Kier molecular flexibility index (Phi) is 4.37. The average Bonchev–Trinajstić information content (AvgIpc) is 2.33. The van der Waals surface area contributed by atoms with Crippen LogP contribution < -0.4 is 5.32 Å². The first-order valence-electron chi connectivity index (χ1n) is 4.95. The molecule has 0 saturated heterocycles. The number of rotatable bonds is 2. The minimum atomic E-state index is -0.313. The van der Waals surface area contributed by atoms with Gasteiger partial charge in [-0.05, 0) is 46.3 Å². The third-order valence-corrected chi connectivity index (χ3v) is 3.60. The van der Waals surface area contributed by atoms with Gasteiger partial charge < -0.3 is 5.32 Å². The fraction of sp³-hybridized carbons (Fsp3) is 0. The predicted molar refractivity (Wildman–Crippen MR) is 79.0 cm³/mol. The number of benzene rings is 1. The van der Waals surface area contributed by atoms with Crippen molar-refractivity contribution in [3.8, 4) is 0 Å². The summed E-state index contributed by atoms with van der Waals surface area (Å²) in [6.45, 7) is 0. The summed E-state index contributed by atoms with van der Waals surface area (Å²) in [5.41, 5.74) is 0.860. The molecule has 92 valence electrons. The van der Waals surface area contributed by atoms with E-state index in [1.165, 1.54) is 0 Å². The van der Waals surface area contributed by atoms with Crippen molar-refractivity contribution in [2.24, 2.45) is 0 Å². The zero-order valence-corrected chi connectivity index (χ0v) is 12.9. The van der Waals surface area contributed by atoms with Gasteiger partial charge in [0.15, 0.2) is 0 Å². The maximum Gasteiger partial charge on any atom is 0.275 e. The summed E-state index contributed by atoms with van der Waals surface area (Å²) in [4.78, 5) is 16.0. The number of hydrogen-bond acceptors (Lipinski definition) is 2. The lowest BCUT2D eigenvalue weighted by Crippen LogP contribution is -2.14. The largest absolute Gasteiger partial charge is 0.319 e. The van der Waals surface area contributed by atoms with Crippen LogP contribution in [0.1, 0.15) is 10.5 Å². The van der Waals surface area contributed by atoms with Crippen molar-refractivity contribution in [2.75, 3.05) is 5.32 Å². The number of nitrogens with zero attached hydrogens (tertiary/aromatic N) is 1. The van der Waals surface area contributed by atoms with Crippen LogP contribution in [0, 0.1) is 0 Å². The summed E-state index contributed by atoms with van der Waals surface area (Å²) in [7, 11) is 0. The quantitative estimate of drug-likeness (QED) is 0.820. The lowest BCUT2D eigenvalue weighted by Gasteiger charge is -2.07. The monoisotopic (exact) mass is 388 g/mol. The van der Waals surface area contributed by atoms with Gasteiger partial charge in [0.05, 0.1) is 10.7 Å². The summed E-state index contributed by atoms with van der Waals surface area (Å²) >= 11 is 12.6. The molecule has 0 radical (unpaired) electrons. The van der Waals surface area contributed by atoms with Gasteiger partial charge in [-0.2, -0.15) is 0 Å². The van der Waals surface area contributed by atoms with E-state index in [1.54, 1.807) is 36.5 Å². The Hall–Kier alpha value is -0.910. The zero-order valence-electron chi connectivity index (χ0n) is 8.95. The molecule has 0 bridgehead atoms. The fourth-order valence-electron chi connectivity index (χ4n) is 1.33. The molecule has 3 nitrogen and oxygen atoms in total. The molecular weight excluding hydrogens is 383 g/mol. The van der Waals surface area contributed by atoms with Gasteiger partial charge in [0.1, 0.15) is 5.69 Å². The first-order valence-corrected chi connectivity index (χ1v) is 6.91. The van der Waals surface area contributed by atoms with Gasteiger partial charge in [0.25, 0.3) is 5.91 Å². The second-order valence-electron chi connectivity index (χ2n) is 3.41. The first kappa shape index (κ1) is 13.5. The highest BCUT2D eigenvalue weighted by molar-refractivity contribution is 9.10. The zero-order chi connectivity index (χ0) is 13.1. The summed E-state index contributed by atoms with van der Waals surface area (Å²) in [5, 5.41) is 3.17. The van der Waals surface area contributed by atoms with E-state index >= 15 is 0 Å². The Labute approximate surface area is 126 Å². The molecule has 2 aromatic rings. The highest BCUT2D eigenvalue weighted by atomic mass is 79.9. The minimum Gasteiger partial charge on any atom is -0.319 e. The van der Waals surface area contributed by atoms with E-state index in [2.05, 4.69) is 42.2 Å². The lowest BCUT2D eigenvalue weighted by atomic mass is 10.3. The number of halogens is 3. The summed E-state index contributed by atoms with van der Waals surface area (Å²) < 4.78 is 1.49. The average molecular weight is 390 g/mol. The number of carbonyl (C=O) groups is 1. The smallest absolute Gasteiger partial charge is 0.275 e. The minimum absolute atomic E-state index is 0.313. The van der Waals surface area contributed by atoms with E-state index < -0.39 is 0 Å². The number of pyridine rings is 1. The number of aromatic nitrogens is 1. The van der Waals surface area contributed by atoms with Gasteiger partial charge in [-0.1, -0.05) is 27.5 Å².